The van der Waals surface area contributed by atoms with Crippen molar-refractivity contribution >= 4 is 15.9 Å². The Balaban J connectivity index is 1.94. The van der Waals surface area contributed by atoms with Crippen molar-refractivity contribution < 1.29 is 13.2 Å². The van der Waals surface area contributed by atoms with Crippen LogP contribution in [0.3, 0.4) is 0 Å². The zero-order chi connectivity index (χ0) is 18.9. The summed E-state index contributed by atoms with van der Waals surface area (Å²) in [6, 6.07) is 8.08. The highest BCUT2D eigenvalue weighted by Crippen LogP contribution is 2.31. The smallest absolute Gasteiger partial charge is 0.252 e. The van der Waals surface area contributed by atoms with Gasteiger partial charge >= 0.3 is 0 Å². The van der Waals surface area contributed by atoms with Crippen LogP contribution >= 0.6 is 0 Å². The van der Waals surface area contributed by atoms with E-state index in [-0.39, 0.29) is 22.9 Å². The minimum absolute atomic E-state index is 0.000652. The lowest BCUT2D eigenvalue weighted by molar-refractivity contribution is 0.0998. The van der Waals surface area contributed by atoms with Gasteiger partial charge in [0.05, 0.1) is 21.7 Å². The summed E-state index contributed by atoms with van der Waals surface area (Å²) in [6.45, 7) is 0.552. The monoisotopic (exact) mass is 373 g/mol. The number of piperidine rings is 1. The number of amides is 1. The quantitative estimate of drug-likeness (QED) is 0.855. The molecule has 3 rings (SSSR count). The maximum atomic E-state index is 13.0. The van der Waals surface area contributed by atoms with Gasteiger partial charge in [0.15, 0.2) is 0 Å². The Labute approximate surface area is 151 Å². The topological polar surface area (TPSA) is 122 Å². The second-order valence-electron chi connectivity index (χ2n) is 6.28. The summed E-state index contributed by atoms with van der Waals surface area (Å²) in [4.78, 5) is 11.7. The fraction of sp³-hybridized carbons (Fsp3) is 0.353. The van der Waals surface area contributed by atoms with Crippen LogP contribution in [0.15, 0.2) is 35.4 Å². The van der Waals surface area contributed by atoms with Crippen molar-refractivity contribution in [2.24, 2.45) is 12.8 Å². The molecule has 1 aromatic heterocycles. The van der Waals surface area contributed by atoms with Crippen molar-refractivity contribution in [3.8, 4) is 6.07 Å². The van der Waals surface area contributed by atoms with Crippen molar-refractivity contribution in [1.29, 1.82) is 5.26 Å². The van der Waals surface area contributed by atoms with E-state index < -0.39 is 15.9 Å². The number of nitrogens with zero attached hydrogens (tertiary/aromatic N) is 4. The lowest BCUT2D eigenvalue weighted by Gasteiger charge is -2.31. The summed E-state index contributed by atoms with van der Waals surface area (Å²) < 4.78 is 28.9. The Bertz CT molecular complexity index is 990. The van der Waals surface area contributed by atoms with Gasteiger partial charge < -0.3 is 5.73 Å². The number of sulfonamides is 1. The van der Waals surface area contributed by atoms with Crippen LogP contribution in [0.4, 0.5) is 0 Å². The predicted octanol–water partition coefficient (Wildman–Crippen LogP) is 0.959. The highest BCUT2D eigenvalue weighted by Gasteiger charge is 2.34. The number of nitrogens with two attached hydrogens (primary N) is 1. The molecular formula is C17H19N5O3S. The van der Waals surface area contributed by atoms with Gasteiger partial charge in [-0.2, -0.15) is 14.7 Å². The molecule has 0 spiro atoms. The van der Waals surface area contributed by atoms with Gasteiger partial charge in [0.2, 0.25) is 10.0 Å². The Morgan fingerprint density at radius 2 is 2.12 bits per heavy atom. The van der Waals surface area contributed by atoms with Crippen molar-refractivity contribution in [2.45, 2.75) is 23.7 Å². The van der Waals surface area contributed by atoms with Gasteiger partial charge in [-0.1, -0.05) is 12.1 Å². The van der Waals surface area contributed by atoms with E-state index in [0.29, 0.717) is 30.6 Å². The fourth-order valence-corrected chi connectivity index (χ4v) is 4.97. The molecule has 2 heterocycles. The molecule has 1 aromatic carbocycles. The molecule has 0 unspecified atom stereocenters. The maximum Gasteiger partial charge on any atom is 0.252 e. The number of nitriles is 1. The van der Waals surface area contributed by atoms with Crippen molar-refractivity contribution in [1.82, 2.24) is 14.1 Å². The molecule has 0 saturated carbocycles. The molecule has 1 amide bonds. The third-order valence-corrected chi connectivity index (χ3v) is 6.44. The number of benzene rings is 1. The number of hydrogen-bond acceptors (Lipinski definition) is 5. The Morgan fingerprint density at radius 3 is 2.81 bits per heavy atom. The molecule has 1 aliphatic heterocycles. The molecule has 2 N–H and O–H groups in total. The third-order valence-electron chi connectivity index (χ3n) is 4.52. The third kappa shape index (κ3) is 3.21. The average Bonchev–Trinajstić information content (AvgIpc) is 3.04. The predicted molar refractivity (Wildman–Crippen MR) is 93.6 cm³/mol. The first kappa shape index (κ1) is 18.1. The number of primary amides is 1. The zero-order valence-corrected chi connectivity index (χ0v) is 15.1. The lowest BCUT2D eigenvalue weighted by atomic mass is 9.93. The van der Waals surface area contributed by atoms with Gasteiger partial charge in [-0.25, -0.2) is 8.42 Å². The summed E-state index contributed by atoms with van der Waals surface area (Å²) in [6.07, 6.45) is 2.90. The second-order valence-corrected chi connectivity index (χ2v) is 8.18. The Hall–Kier alpha value is -2.70. The van der Waals surface area contributed by atoms with Crippen LogP contribution in [0, 0.1) is 11.3 Å². The van der Waals surface area contributed by atoms with Gasteiger partial charge in [-0.3, -0.25) is 9.48 Å². The number of aromatic nitrogens is 2. The normalized spacial score (nSPS) is 18.4. The number of carbonyl (C=O) groups is 1. The number of carbonyl (C=O) groups excluding carboxylic acids is 1. The van der Waals surface area contributed by atoms with E-state index in [2.05, 4.69) is 5.10 Å². The van der Waals surface area contributed by atoms with E-state index >= 15 is 0 Å². The van der Waals surface area contributed by atoms with Gasteiger partial charge in [-0.15, -0.1) is 0 Å². The van der Waals surface area contributed by atoms with Gasteiger partial charge in [0.1, 0.15) is 6.07 Å². The highest BCUT2D eigenvalue weighted by atomic mass is 32.2. The van der Waals surface area contributed by atoms with Crippen LogP contribution in [-0.2, 0) is 17.1 Å². The van der Waals surface area contributed by atoms with Crippen LogP contribution in [0.5, 0.6) is 0 Å². The molecule has 136 valence electrons. The SMILES string of the molecule is Cn1cc(C(N)=O)c([C@@H]2CCCN(S(=O)(=O)c3ccccc3C#N)C2)n1. The first-order valence-electron chi connectivity index (χ1n) is 8.17. The Kier molecular flexibility index (Phi) is 4.80. The molecule has 1 atom stereocenters. The number of rotatable bonds is 4. The van der Waals surface area contributed by atoms with Crippen molar-refractivity contribution in [3.05, 3.63) is 47.3 Å². The lowest BCUT2D eigenvalue weighted by Crippen LogP contribution is -2.39. The molecule has 9 heteroatoms. The van der Waals surface area contributed by atoms with Gasteiger partial charge in [0, 0.05) is 32.3 Å². The van der Waals surface area contributed by atoms with Gasteiger partial charge in [-0.05, 0) is 25.0 Å². The first-order valence-corrected chi connectivity index (χ1v) is 9.61. The minimum Gasteiger partial charge on any atom is -0.365 e. The zero-order valence-electron chi connectivity index (χ0n) is 14.3. The molecular weight excluding hydrogens is 354 g/mol. The van der Waals surface area contributed by atoms with E-state index in [0.717, 1.165) is 0 Å². The molecule has 2 aromatic rings. The fourth-order valence-electron chi connectivity index (χ4n) is 3.30. The molecule has 8 nitrogen and oxygen atoms in total. The molecule has 1 aliphatic rings. The first-order chi connectivity index (χ1) is 12.3. The van der Waals surface area contributed by atoms with E-state index in [9.17, 15) is 18.5 Å². The molecule has 0 radical (unpaired) electrons. The van der Waals surface area contributed by atoms with E-state index in [1.54, 1.807) is 25.4 Å². The van der Waals surface area contributed by atoms with Crippen molar-refractivity contribution in [2.75, 3.05) is 13.1 Å². The van der Waals surface area contributed by atoms with Crippen LogP contribution in [0.25, 0.3) is 0 Å². The molecule has 0 aliphatic carbocycles. The maximum absolute atomic E-state index is 13.0. The Morgan fingerprint density at radius 1 is 1.38 bits per heavy atom. The summed E-state index contributed by atoms with van der Waals surface area (Å²) >= 11 is 0. The van der Waals surface area contributed by atoms with Gasteiger partial charge in [0.25, 0.3) is 5.91 Å². The molecule has 1 saturated heterocycles. The number of aryl methyl sites for hydroxylation is 1. The standard InChI is InChI=1S/C17H19N5O3S/c1-21-11-14(17(19)23)16(20-21)13-6-4-8-22(10-13)26(24,25)15-7-3-2-5-12(15)9-18/h2-3,5,7,11,13H,4,6,8,10H2,1H3,(H2,19,23)/t13-/m1/s1. The molecule has 0 bridgehead atoms. The number of hydrogen-bond donors (Lipinski definition) is 1. The highest BCUT2D eigenvalue weighted by molar-refractivity contribution is 7.89. The summed E-state index contributed by atoms with van der Waals surface area (Å²) in [5, 5.41) is 13.5. The summed E-state index contributed by atoms with van der Waals surface area (Å²) in [7, 11) is -2.12. The van der Waals surface area contributed by atoms with E-state index in [1.165, 1.54) is 21.1 Å². The largest absolute Gasteiger partial charge is 0.365 e. The van der Waals surface area contributed by atoms with E-state index in [4.69, 9.17) is 5.73 Å². The van der Waals surface area contributed by atoms with Crippen molar-refractivity contribution in [3.63, 3.8) is 0 Å². The van der Waals surface area contributed by atoms with Crippen LogP contribution < -0.4 is 5.73 Å². The van der Waals surface area contributed by atoms with Crippen LogP contribution in [0.2, 0.25) is 0 Å². The van der Waals surface area contributed by atoms with Crippen LogP contribution in [-0.4, -0.2) is 41.5 Å². The van der Waals surface area contributed by atoms with Crippen LogP contribution in [0.1, 0.15) is 40.4 Å². The summed E-state index contributed by atoms with van der Waals surface area (Å²) in [5.41, 5.74) is 6.38. The average molecular weight is 373 g/mol. The van der Waals surface area contributed by atoms with E-state index in [1.807, 2.05) is 6.07 Å². The molecule has 1 fully saturated rings. The second kappa shape index (κ2) is 6.90. The molecule has 26 heavy (non-hydrogen) atoms. The minimum atomic E-state index is -3.81. The summed E-state index contributed by atoms with van der Waals surface area (Å²) in [5.74, 6) is -0.806.